The Hall–Kier alpha value is 0.310. The SMILES string of the molecule is CCSCCC(C)NC1CCCCC1C(C)(C)C. The van der Waals surface area contributed by atoms with Crippen molar-refractivity contribution in [3.63, 3.8) is 0 Å². The van der Waals surface area contributed by atoms with Gasteiger partial charge in [0.1, 0.15) is 0 Å². The van der Waals surface area contributed by atoms with E-state index in [4.69, 9.17) is 0 Å². The first-order valence-electron chi connectivity index (χ1n) is 7.79. The molecule has 0 saturated heterocycles. The standard InChI is InChI=1S/C16H33NS/c1-6-18-12-11-13(2)17-15-10-8-7-9-14(15)16(3,4)5/h13-15,17H,6-12H2,1-5H3. The summed E-state index contributed by atoms with van der Waals surface area (Å²) in [5, 5.41) is 3.92. The van der Waals surface area contributed by atoms with Gasteiger partial charge in [0.05, 0.1) is 0 Å². The molecule has 0 spiro atoms. The molecule has 0 bridgehead atoms. The third-order valence-electron chi connectivity index (χ3n) is 4.28. The van der Waals surface area contributed by atoms with Crippen LogP contribution in [-0.2, 0) is 0 Å². The summed E-state index contributed by atoms with van der Waals surface area (Å²) in [5.74, 6) is 3.41. The van der Waals surface area contributed by atoms with Crippen LogP contribution in [0.25, 0.3) is 0 Å². The third kappa shape index (κ3) is 5.52. The van der Waals surface area contributed by atoms with Crippen molar-refractivity contribution < 1.29 is 0 Å². The first-order chi connectivity index (χ1) is 8.45. The highest BCUT2D eigenvalue weighted by Crippen LogP contribution is 2.38. The van der Waals surface area contributed by atoms with Gasteiger partial charge in [-0.1, -0.05) is 40.5 Å². The van der Waals surface area contributed by atoms with Gasteiger partial charge in [-0.3, -0.25) is 0 Å². The molecule has 3 atom stereocenters. The van der Waals surface area contributed by atoms with Crippen LogP contribution in [0.1, 0.15) is 66.7 Å². The van der Waals surface area contributed by atoms with E-state index in [1.807, 2.05) is 0 Å². The van der Waals surface area contributed by atoms with E-state index in [1.165, 1.54) is 43.6 Å². The van der Waals surface area contributed by atoms with Crippen molar-refractivity contribution in [2.24, 2.45) is 11.3 Å². The highest BCUT2D eigenvalue weighted by atomic mass is 32.2. The Labute approximate surface area is 119 Å². The molecule has 3 unspecified atom stereocenters. The molecule has 1 aliphatic carbocycles. The van der Waals surface area contributed by atoms with Gasteiger partial charge in [-0.25, -0.2) is 0 Å². The minimum atomic E-state index is 0.454. The maximum Gasteiger partial charge on any atom is 0.0103 e. The summed E-state index contributed by atoms with van der Waals surface area (Å²) >= 11 is 2.06. The van der Waals surface area contributed by atoms with E-state index in [2.05, 4.69) is 51.7 Å². The molecule has 0 heterocycles. The fraction of sp³-hybridized carbons (Fsp3) is 1.00. The van der Waals surface area contributed by atoms with Crippen LogP contribution in [0.2, 0.25) is 0 Å². The summed E-state index contributed by atoms with van der Waals surface area (Å²) in [7, 11) is 0. The van der Waals surface area contributed by atoms with Gasteiger partial charge in [0.15, 0.2) is 0 Å². The maximum atomic E-state index is 3.92. The lowest BCUT2D eigenvalue weighted by molar-refractivity contribution is 0.124. The summed E-state index contributed by atoms with van der Waals surface area (Å²) in [6.07, 6.45) is 6.96. The van der Waals surface area contributed by atoms with Crippen LogP contribution in [0.4, 0.5) is 0 Å². The predicted molar refractivity (Wildman–Crippen MR) is 85.4 cm³/mol. The van der Waals surface area contributed by atoms with Gasteiger partial charge in [-0.05, 0) is 49.0 Å². The lowest BCUT2D eigenvalue weighted by Gasteiger charge is -2.42. The Morgan fingerprint density at radius 1 is 1.22 bits per heavy atom. The van der Waals surface area contributed by atoms with E-state index in [0.29, 0.717) is 11.5 Å². The molecule has 0 aromatic rings. The average molecular weight is 272 g/mol. The van der Waals surface area contributed by atoms with Gasteiger partial charge in [-0.2, -0.15) is 11.8 Å². The lowest BCUT2D eigenvalue weighted by Crippen LogP contribution is -2.47. The van der Waals surface area contributed by atoms with Crippen molar-refractivity contribution >= 4 is 11.8 Å². The van der Waals surface area contributed by atoms with Crippen molar-refractivity contribution in [1.29, 1.82) is 0 Å². The van der Waals surface area contributed by atoms with Crippen LogP contribution in [0.15, 0.2) is 0 Å². The zero-order chi connectivity index (χ0) is 13.6. The van der Waals surface area contributed by atoms with Gasteiger partial charge < -0.3 is 5.32 Å². The molecule has 108 valence electrons. The molecule has 1 saturated carbocycles. The number of rotatable bonds is 6. The molecule has 18 heavy (non-hydrogen) atoms. The van der Waals surface area contributed by atoms with E-state index < -0.39 is 0 Å². The molecular formula is C16H33NS. The number of hydrogen-bond donors (Lipinski definition) is 1. The first-order valence-corrected chi connectivity index (χ1v) is 8.94. The molecule has 1 aliphatic rings. The average Bonchev–Trinajstić information content (AvgIpc) is 2.28. The molecule has 0 aromatic heterocycles. The van der Waals surface area contributed by atoms with Crippen LogP contribution in [0.5, 0.6) is 0 Å². The van der Waals surface area contributed by atoms with Gasteiger partial charge in [-0.15, -0.1) is 0 Å². The molecule has 1 nitrogen and oxygen atoms in total. The van der Waals surface area contributed by atoms with Crippen LogP contribution >= 0.6 is 11.8 Å². The molecule has 0 amide bonds. The fourth-order valence-corrected chi connectivity index (χ4v) is 4.03. The summed E-state index contributed by atoms with van der Waals surface area (Å²) in [6, 6.07) is 1.43. The van der Waals surface area contributed by atoms with Crippen molar-refractivity contribution in [2.45, 2.75) is 78.8 Å². The maximum absolute atomic E-state index is 3.92. The molecular weight excluding hydrogens is 238 g/mol. The molecule has 2 heteroatoms. The highest BCUT2D eigenvalue weighted by Gasteiger charge is 2.34. The van der Waals surface area contributed by atoms with E-state index in [0.717, 1.165) is 12.0 Å². The minimum absolute atomic E-state index is 0.454. The molecule has 0 aliphatic heterocycles. The summed E-state index contributed by atoms with van der Waals surface area (Å²) in [6.45, 7) is 11.9. The molecule has 0 radical (unpaired) electrons. The van der Waals surface area contributed by atoms with Gasteiger partial charge in [0, 0.05) is 12.1 Å². The third-order valence-corrected chi connectivity index (χ3v) is 5.21. The number of nitrogens with one attached hydrogen (secondary N) is 1. The predicted octanol–water partition coefficient (Wildman–Crippen LogP) is 4.71. The molecule has 1 fully saturated rings. The lowest BCUT2D eigenvalue weighted by atomic mass is 9.69. The Kier molecular flexibility index (Phi) is 7.08. The Bertz CT molecular complexity index is 222. The fourth-order valence-electron chi connectivity index (χ4n) is 3.22. The largest absolute Gasteiger partial charge is 0.311 e. The minimum Gasteiger partial charge on any atom is -0.311 e. The summed E-state index contributed by atoms with van der Waals surface area (Å²) in [4.78, 5) is 0. The van der Waals surface area contributed by atoms with Crippen LogP contribution < -0.4 is 5.32 Å². The monoisotopic (exact) mass is 271 g/mol. The Morgan fingerprint density at radius 3 is 2.50 bits per heavy atom. The van der Waals surface area contributed by atoms with Gasteiger partial charge in [0.2, 0.25) is 0 Å². The number of hydrogen-bond acceptors (Lipinski definition) is 2. The molecule has 0 aromatic carbocycles. The molecule has 1 rings (SSSR count). The highest BCUT2D eigenvalue weighted by molar-refractivity contribution is 7.99. The van der Waals surface area contributed by atoms with E-state index in [-0.39, 0.29) is 0 Å². The Morgan fingerprint density at radius 2 is 1.89 bits per heavy atom. The van der Waals surface area contributed by atoms with Crippen LogP contribution in [-0.4, -0.2) is 23.6 Å². The second kappa shape index (κ2) is 7.79. The van der Waals surface area contributed by atoms with Crippen molar-refractivity contribution in [3.8, 4) is 0 Å². The Balaban J connectivity index is 2.41. The van der Waals surface area contributed by atoms with E-state index in [1.54, 1.807) is 0 Å². The normalized spacial score (nSPS) is 27.2. The van der Waals surface area contributed by atoms with Crippen LogP contribution in [0, 0.1) is 11.3 Å². The molecule has 1 N–H and O–H groups in total. The van der Waals surface area contributed by atoms with Gasteiger partial charge >= 0.3 is 0 Å². The zero-order valence-corrected chi connectivity index (χ0v) is 13.9. The number of thioether (sulfide) groups is 1. The van der Waals surface area contributed by atoms with Crippen LogP contribution in [0.3, 0.4) is 0 Å². The quantitative estimate of drug-likeness (QED) is 0.702. The van der Waals surface area contributed by atoms with Crippen molar-refractivity contribution in [1.82, 2.24) is 5.32 Å². The topological polar surface area (TPSA) is 12.0 Å². The zero-order valence-electron chi connectivity index (χ0n) is 13.1. The second-order valence-electron chi connectivity index (χ2n) is 6.92. The van der Waals surface area contributed by atoms with Gasteiger partial charge in [0.25, 0.3) is 0 Å². The first kappa shape index (κ1) is 16.4. The van der Waals surface area contributed by atoms with E-state index in [9.17, 15) is 0 Å². The summed E-state index contributed by atoms with van der Waals surface area (Å²) < 4.78 is 0. The summed E-state index contributed by atoms with van der Waals surface area (Å²) in [5.41, 5.74) is 0.454. The second-order valence-corrected chi connectivity index (χ2v) is 8.31. The van der Waals surface area contributed by atoms with Crippen molar-refractivity contribution in [3.05, 3.63) is 0 Å². The smallest absolute Gasteiger partial charge is 0.0103 e. The van der Waals surface area contributed by atoms with Crippen molar-refractivity contribution in [2.75, 3.05) is 11.5 Å². The van der Waals surface area contributed by atoms with E-state index >= 15 is 0 Å².